The molecule has 0 unspecified atom stereocenters. The van der Waals surface area contributed by atoms with Crippen LogP contribution in [-0.2, 0) is 19.6 Å². The lowest BCUT2D eigenvalue weighted by Gasteiger charge is -2.22. The van der Waals surface area contributed by atoms with E-state index in [2.05, 4.69) is 10.6 Å². The Balaban J connectivity index is 1.79. The smallest absolute Gasteiger partial charge is 0.262 e. The number of para-hydroxylation sites is 1. The van der Waals surface area contributed by atoms with E-state index in [4.69, 9.17) is 16.3 Å². The molecule has 0 spiro atoms. The molecule has 2 N–H and O–H groups in total. The summed E-state index contributed by atoms with van der Waals surface area (Å²) in [7, 11) is -2.78. The predicted octanol–water partition coefficient (Wildman–Crippen LogP) is 2.24. The predicted molar refractivity (Wildman–Crippen MR) is 105 cm³/mol. The zero-order valence-electron chi connectivity index (χ0n) is 15.2. The molecular formula is C18H18ClN3O5S. The molecule has 0 saturated carbocycles. The summed E-state index contributed by atoms with van der Waals surface area (Å²) in [6, 6.07) is 9.72. The molecule has 2 aromatic carbocycles. The molecule has 0 radical (unpaired) electrons. The van der Waals surface area contributed by atoms with Gasteiger partial charge in [0, 0.05) is 18.8 Å². The van der Waals surface area contributed by atoms with Crippen molar-refractivity contribution in [1.82, 2.24) is 4.31 Å². The van der Waals surface area contributed by atoms with Gasteiger partial charge in [-0.3, -0.25) is 9.59 Å². The highest BCUT2D eigenvalue weighted by atomic mass is 35.5. The first-order chi connectivity index (χ1) is 13.2. The van der Waals surface area contributed by atoms with Crippen molar-refractivity contribution in [3.05, 3.63) is 47.0 Å². The summed E-state index contributed by atoms with van der Waals surface area (Å²) in [4.78, 5) is 23.4. The maximum atomic E-state index is 12.9. The minimum Gasteiger partial charge on any atom is -0.482 e. The normalized spacial score (nSPS) is 13.5. The van der Waals surface area contributed by atoms with E-state index in [1.54, 1.807) is 12.1 Å². The summed E-state index contributed by atoms with van der Waals surface area (Å²) in [5, 5.41) is 5.15. The van der Waals surface area contributed by atoms with E-state index in [0.29, 0.717) is 11.4 Å². The van der Waals surface area contributed by atoms with Crippen LogP contribution in [0.5, 0.6) is 5.75 Å². The third-order valence-electron chi connectivity index (χ3n) is 4.14. The topological polar surface area (TPSA) is 105 Å². The number of benzene rings is 2. The monoisotopic (exact) mass is 423 g/mol. The highest BCUT2D eigenvalue weighted by Crippen LogP contribution is 2.36. The van der Waals surface area contributed by atoms with Crippen LogP contribution >= 0.6 is 11.6 Å². The standard InChI is InChI=1S/C18H18ClN3O5S/c1-11-5-3-4-6-13(11)20-17(23)9-22(2)28(25,26)16-8-15-14(7-12(16)19)21-18(24)10-27-15/h3-8H,9-10H2,1-2H3,(H,20,23)(H,21,24). The molecule has 0 aromatic heterocycles. The Morgan fingerprint density at radius 3 is 2.75 bits per heavy atom. The Morgan fingerprint density at radius 1 is 1.32 bits per heavy atom. The lowest BCUT2D eigenvalue weighted by atomic mass is 10.2. The van der Waals surface area contributed by atoms with E-state index >= 15 is 0 Å². The fourth-order valence-electron chi connectivity index (χ4n) is 2.64. The van der Waals surface area contributed by atoms with E-state index < -0.39 is 22.5 Å². The first-order valence-electron chi connectivity index (χ1n) is 8.26. The summed E-state index contributed by atoms with van der Waals surface area (Å²) in [5.41, 5.74) is 1.76. The number of likely N-dealkylation sites (N-methyl/N-ethyl adjacent to an activating group) is 1. The summed E-state index contributed by atoms with van der Waals surface area (Å²) in [5.74, 6) is -0.650. The zero-order chi connectivity index (χ0) is 20.5. The fourth-order valence-corrected chi connectivity index (χ4v) is 4.28. The lowest BCUT2D eigenvalue weighted by molar-refractivity contribution is -0.118. The van der Waals surface area contributed by atoms with E-state index in [0.717, 1.165) is 9.87 Å². The van der Waals surface area contributed by atoms with Crippen LogP contribution in [0.3, 0.4) is 0 Å². The molecule has 2 aromatic rings. The summed E-state index contributed by atoms with van der Waals surface area (Å²) >= 11 is 6.11. The average molecular weight is 424 g/mol. The number of nitrogens with zero attached hydrogens (tertiary/aromatic N) is 1. The van der Waals surface area contributed by atoms with Crippen molar-refractivity contribution in [3.63, 3.8) is 0 Å². The average Bonchev–Trinajstić information content (AvgIpc) is 2.62. The van der Waals surface area contributed by atoms with Crippen molar-refractivity contribution in [3.8, 4) is 5.75 Å². The number of sulfonamides is 1. The molecule has 8 nitrogen and oxygen atoms in total. The minimum atomic E-state index is -4.07. The fraction of sp³-hybridized carbons (Fsp3) is 0.222. The van der Waals surface area contributed by atoms with E-state index in [1.165, 1.54) is 19.2 Å². The van der Waals surface area contributed by atoms with Gasteiger partial charge in [-0.15, -0.1) is 0 Å². The number of aryl methyl sites for hydroxylation is 1. The third-order valence-corrected chi connectivity index (χ3v) is 6.41. The second kappa shape index (κ2) is 7.78. The molecule has 1 aliphatic rings. The highest BCUT2D eigenvalue weighted by molar-refractivity contribution is 7.89. The number of carbonyl (C=O) groups is 2. The molecule has 3 rings (SSSR count). The van der Waals surface area contributed by atoms with E-state index in [1.807, 2.05) is 19.1 Å². The van der Waals surface area contributed by atoms with Gasteiger partial charge in [0.15, 0.2) is 6.61 Å². The number of rotatable bonds is 5. The molecule has 2 amide bonds. The molecule has 1 aliphatic heterocycles. The molecular weight excluding hydrogens is 406 g/mol. The van der Waals surface area contributed by atoms with Gasteiger partial charge in [0.2, 0.25) is 15.9 Å². The van der Waals surface area contributed by atoms with Gasteiger partial charge in [0.25, 0.3) is 5.91 Å². The molecule has 0 atom stereocenters. The van der Waals surface area contributed by atoms with Crippen molar-refractivity contribution < 1.29 is 22.7 Å². The van der Waals surface area contributed by atoms with Gasteiger partial charge in [-0.25, -0.2) is 8.42 Å². The Labute approximate surface area is 167 Å². The SMILES string of the molecule is Cc1ccccc1NC(=O)CN(C)S(=O)(=O)c1cc2c(cc1Cl)NC(=O)CO2. The van der Waals surface area contributed by atoms with Crippen molar-refractivity contribution in [2.45, 2.75) is 11.8 Å². The lowest BCUT2D eigenvalue weighted by Crippen LogP contribution is -2.35. The van der Waals surface area contributed by atoms with Gasteiger partial charge in [-0.1, -0.05) is 29.8 Å². The van der Waals surface area contributed by atoms with Crippen LogP contribution < -0.4 is 15.4 Å². The van der Waals surface area contributed by atoms with Crippen LogP contribution in [0.1, 0.15) is 5.56 Å². The van der Waals surface area contributed by atoms with Crippen molar-refractivity contribution in [2.24, 2.45) is 0 Å². The number of anilines is 2. The number of halogens is 1. The first kappa shape index (κ1) is 20.1. The van der Waals surface area contributed by atoms with Crippen LogP contribution in [0.4, 0.5) is 11.4 Å². The number of ether oxygens (including phenoxy) is 1. The largest absolute Gasteiger partial charge is 0.482 e. The number of hydrogen-bond donors (Lipinski definition) is 2. The van der Waals surface area contributed by atoms with Gasteiger partial charge in [0.1, 0.15) is 10.6 Å². The van der Waals surface area contributed by atoms with Crippen molar-refractivity contribution in [1.29, 1.82) is 0 Å². The van der Waals surface area contributed by atoms with Gasteiger partial charge >= 0.3 is 0 Å². The molecule has 0 saturated heterocycles. The van der Waals surface area contributed by atoms with Gasteiger partial charge in [-0.05, 0) is 24.6 Å². The number of hydrogen-bond acceptors (Lipinski definition) is 5. The van der Waals surface area contributed by atoms with Crippen LogP contribution in [0, 0.1) is 6.92 Å². The number of carbonyl (C=O) groups excluding carboxylic acids is 2. The van der Waals surface area contributed by atoms with Crippen LogP contribution in [0.25, 0.3) is 0 Å². The molecule has 1 heterocycles. The third kappa shape index (κ3) is 4.11. The van der Waals surface area contributed by atoms with Crippen molar-refractivity contribution in [2.75, 3.05) is 30.8 Å². The second-order valence-corrected chi connectivity index (χ2v) is 8.66. The van der Waals surface area contributed by atoms with Gasteiger partial charge < -0.3 is 15.4 Å². The minimum absolute atomic E-state index is 0.0873. The summed E-state index contributed by atoms with van der Waals surface area (Å²) in [6.07, 6.45) is 0. The number of nitrogens with one attached hydrogen (secondary N) is 2. The Bertz CT molecular complexity index is 1060. The maximum absolute atomic E-state index is 12.9. The second-order valence-electron chi connectivity index (χ2n) is 6.24. The summed E-state index contributed by atoms with van der Waals surface area (Å²) < 4.78 is 31.9. The molecule has 148 valence electrons. The van der Waals surface area contributed by atoms with E-state index in [9.17, 15) is 18.0 Å². The molecule has 0 bridgehead atoms. The van der Waals surface area contributed by atoms with Crippen LogP contribution in [0.2, 0.25) is 5.02 Å². The Hall–Kier alpha value is -2.62. The molecule has 28 heavy (non-hydrogen) atoms. The van der Waals surface area contributed by atoms with Gasteiger partial charge in [-0.2, -0.15) is 4.31 Å². The first-order valence-corrected chi connectivity index (χ1v) is 10.1. The zero-order valence-corrected chi connectivity index (χ0v) is 16.7. The van der Waals surface area contributed by atoms with Crippen molar-refractivity contribution >= 4 is 44.8 Å². The van der Waals surface area contributed by atoms with Crippen LogP contribution in [0.15, 0.2) is 41.3 Å². The quantitative estimate of drug-likeness (QED) is 0.767. The maximum Gasteiger partial charge on any atom is 0.262 e. The van der Waals surface area contributed by atoms with Gasteiger partial charge in [0.05, 0.1) is 17.3 Å². The number of amides is 2. The Kier molecular flexibility index (Phi) is 5.59. The summed E-state index contributed by atoms with van der Waals surface area (Å²) in [6.45, 7) is 1.21. The number of fused-ring (bicyclic) bond motifs is 1. The Morgan fingerprint density at radius 2 is 2.04 bits per heavy atom. The highest BCUT2D eigenvalue weighted by Gasteiger charge is 2.28. The molecule has 0 aliphatic carbocycles. The molecule has 10 heteroatoms. The van der Waals surface area contributed by atoms with Crippen LogP contribution in [-0.4, -0.2) is 44.7 Å². The van der Waals surface area contributed by atoms with E-state index in [-0.39, 0.29) is 28.2 Å². The molecule has 0 fully saturated rings.